The van der Waals surface area contributed by atoms with Gasteiger partial charge in [-0.05, 0) is 116 Å². The van der Waals surface area contributed by atoms with Crippen molar-refractivity contribution in [3.63, 3.8) is 0 Å². The van der Waals surface area contributed by atoms with Gasteiger partial charge in [-0.2, -0.15) is 0 Å². The van der Waals surface area contributed by atoms with Crippen LogP contribution in [0, 0.1) is 33.8 Å². The minimum Gasteiger partial charge on any atom is -0.498 e. The minimum atomic E-state index is 0. The number of nitrogens with two attached hydrogens (primary N) is 1. The van der Waals surface area contributed by atoms with E-state index in [4.69, 9.17) is 15.2 Å². The maximum Gasteiger partial charge on any atom is 1.00 e. The van der Waals surface area contributed by atoms with Crippen molar-refractivity contribution >= 4 is 0 Å². The molecule has 1 aromatic carbocycles. The molecule has 0 unspecified atom stereocenters. The summed E-state index contributed by atoms with van der Waals surface area (Å²) < 4.78 is 10.4. The van der Waals surface area contributed by atoms with E-state index in [1.54, 1.807) is 31.5 Å². The second-order valence-electron chi connectivity index (χ2n) is 10.2. The number of hydrogen-bond acceptors (Lipinski definition) is 8. The first-order valence-corrected chi connectivity index (χ1v) is 14.4. The first kappa shape index (κ1) is 35.6. The molecule has 0 saturated carbocycles. The van der Waals surface area contributed by atoms with E-state index in [0.717, 1.165) is 39.8 Å². The number of benzene rings is 1. The van der Waals surface area contributed by atoms with E-state index in [1.165, 1.54) is 22.3 Å². The van der Waals surface area contributed by atoms with Gasteiger partial charge in [0.25, 0.3) is 0 Å². The molecule has 9 heteroatoms. The third kappa shape index (κ3) is 11.0. The Hall–Kier alpha value is -4.83. The largest absolute Gasteiger partial charge is 1.00 e. The monoisotopic (exact) mass is 789 g/mol. The zero-order valence-corrected chi connectivity index (χ0v) is 29.1. The Kier molecular flexibility index (Phi) is 14.1. The van der Waals surface area contributed by atoms with E-state index in [1.807, 2.05) is 85.5 Å². The summed E-state index contributed by atoms with van der Waals surface area (Å²) in [4.78, 5) is 21.4. The minimum absolute atomic E-state index is 0. The molecule has 8 nitrogen and oxygen atoms in total. The predicted molar refractivity (Wildman–Crippen MR) is 179 cm³/mol. The summed E-state index contributed by atoms with van der Waals surface area (Å²) in [6, 6.07) is 28.3. The number of hydrogen-bond donors (Lipinski definition) is 1. The molecule has 2 N–H and O–H groups in total. The standard InChI is InChI=1S/C13H13N2O2.2C12H12N2.Os/c1-16-11-5-6-15-13(8-11)10-3-2-4-12(7-10)17-9-14;2*1-9-3-5-13-11(7-9)12-8-10(2)4-6-14-12;/h2,4-8H,9,14H2,1H3;2*3-8H,1-2H3;/q-1;;;+1. The summed E-state index contributed by atoms with van der Waals surface area (Å²) >= 11 is 0. The van der Waals surface area contributed by atoms with Gasteiger partial charge in [0.15, 0.2) is 0 Å². The topological polar surface area (TPSA) is 109 Å². The van der Waals surface area contributed by atoms with Crippen molar-refractivity contribution < 1.29 is 29.3 Å². The van der Waals surface area contributed by atoms with Gasteiger partial charge in [-0.1, -0.05) is 0 Å². The van der Waals surface area contributed by atoms with E-state index in [0.29, 0.717) is 5.75 Å². The third-order valence-corrected chi connectivity index (χ3v) is 6.45. The number of methoxy groups -OCH3 is 1. The van der Waals surface area contributed by atoms with Crippen molar-refractivity contribution in [1.82, 2.24) is 24.9 Å². The summed E-state index contributed by atoms with van der Waals surface area (Å²) in [5.41, 5.74) is 15.5. The molecular formula is C37H37N6O2Os. The molecule has 6 rings (SSSR count). The average Bonchev–Trinajstić information content (AvgIpc) is 3.06. The van der Waals surface area contributed by atoms with Crippen molar-refractivity contribution in [1.29, 1.82) is 0 Å². The Bertz CT molecular complexity index is 1660. The third-order valence-electron chi connectivity index (χ3n) is 6.45. The van der Waals surface area contributed by atoms with Crippen molar-refractivity contribution in [2.75, 3.05) is 13.8 Å². The molecule has 6 aromatic rings. The smallest absolute Gasteiger partial charge is 0.498 e. The summed E-state index contributed by atoms with van der Waals surface area (Å²) in [7, 11) is 1.62. The van der Waals surface area contributed by atoms with Crippen LogP contribution >= 0.6 is 0 Å². The Labute approximate surface area is 284 Å². The molecule has 0 atom stereocenters. The zero-order chi connectivity index (χ0) is 32.0. The van der Waals surface area contributed by atoms with Crippen LogP contribution in [0.2, 0.25) is 0 Å². The van der Waals surface area contributed by atoms with Gasteiger partial charge >= 0.3 is 19.8 Å². The van der Waals surface area contributed by atoms with Gasteiger partial charge < -0.3 is 14.5 Å². The fourth-order valence-corrected chi connectivity index (χ4v) is 4.17. The quantitative estimate of drug-likeness (QED) is 0.138. The predicted octanol–water partition coefficient (Wildman–Crippen LogP) is 7.37. The first-order valence-electron chi connectivity index (χ1n) is 14.4. The van der Waals surface area contributed by atoms with Crippen molar-refractivity contribution in [3.8, 4) is 45.5 Å². The molecule has 235 valence electrons. The fourth-order valence-electron chi connectivity index (χ4n) is 4.17. The zero-order valence-electron chi connectivity index (χ0n) is 26.6. The van der Waals surface area contributed by atoms with Crippen molar-refractivity contribution in [3.05, 3.63) is 138 Å². The molecule has 1 radical (unpaired) electrons. The molecule has 0 saturated heterocycles. The summed E-state index contributed by atoms with van der Waals surface area (Å²) in [6.45, 7) is 8.37. The average molecular weight is 788 g/mol. The van der Waals surface area contributed by atoms with Gasteiger partial charge in [0.05, 0.1) is 29.9 Å². The van der Waals surface area contributed by atoms with Crippen LogP contribution in [-0.2, 0) is 19.8 Å². The van der Waals surface area contributed by atoms with Gasteiger partial charge in [-0.25, -0.2) is 0 Å². The van der Waals surface area contributed by atoms with Crippen LogP contribution in [0.5, 0.6) is 11.5 Å². The molecular weight excluding hydrogens is 751 g/mol. The Balaban J connectivity index is 0.000000187. The number of rotatable bonds is 6. The molecule has 0 aliphatic rings. The Morgan fingerprint density at radius 3 is 1.35 bits per heavy atom. The van der Waals surface area contributed by atoms with E-state index < -0.39 is 0 Å². The van der Waals surface area contributed by atoms with Gasteiger partial charge in [-0.3, -0.25) is 25.7 Å². The van der Waals surface area contributed by atoms with Gasteiger partial charge in [0.1, 0.15) is 12.5 Å². The van der Waals surface area contributed by atoms with Gasteiger partial charge in [-0.15, -0.1) is 29.8 Å². The second-order valence-corrected chi connectivity index (χ2v) is 10.2. The van der Waals surface area contributed by atoms with E-state index in [9.17, 15) is 0 Å². The molecule has 5 aromatic heterocycles. The molecule has 46 heavy (non-hydrogen) atoms. The Morgan fingerprint density at radius 2 is 0.957 bits per heavy atom. The molecule has 0 bridgehead atoms. The number of aryl methyl sites for hydroxylation is 4. The van der Waals surface area contributed by atoms with Crippen LogP contribution in [0.1, 0.15) is 22.3 Å². The summed E-state index contributed by atoms with van der Waals surface area (Å²) in [6.07, 6.45) is 8.95. The van der Waals surface area contributed by atoms with Crippen LogP contribution in [-0.4, -0.2) is 38.8 Å². The van der Waals surface area contributed by atoms with Crippen LogP contribution in [0.25, 0.3) is 34.0 Å². The van der Waals surface area contributed by atoms with E-state index >= 15 is 0 Å². The van der Waals surface area contributed by atoms with Crippen LogP contribution < -0.4 is 15.2 Å². The molecule has 0 fully saturated rings. The number of aromatic nitrogens is 5. The van der Waals surface area contributed by atoms with Crippen LogP contribution in [0.4, 0.5) is 0 Å². The summed E-state index contributed by atoms with van der Waals surface area (Å²) in [5, 5.41) is 0. The van der Waals surface area contributed by atoms with Gasteiger partial charge in [0.2, 0.25) is 0 Å². The van der Waals surface area contributed by atoms with Gasteiger partial charge in [0, 0.05) is 36.7 Å². The second kappa shape index (κ2) is 18.2. The molecule has 0 aliphatic carbocycles. The number of ether oxygens (including phenoxy) is 2. The van der Waals surface area contributed by atoms with Crippen molar-refractivity contribution in [2.45, 2.75) is 27.7 Å². The summed E-state index contributed by atoms with van der Waals surface area (Å²) in [5.74, 6) is 1.46. The van der Waals surface area contributed by atoms with Crippen molar-refractivity contribution in [2.24, 2.45) is 5.73 Å². The molecule has 5 heterocycles. The first-order chi connectivity index (χ1) is 21.8. The normalized spacial score (nSPS) is 9.87. The maximum absolute atomic E-state index is 5.33. The Morgan fingerprint density at radius 1 is 0.543 bits per heavy atom. The molecule has 0 amide bonds. The van der Waals surface area contributed by atoms with E-state index in [-0.39, 0.29) is 26.5 Å². The maximum atomic E-state index is 5.33. The SMILES string of the molecule is COc1ccnc(-c2[c-]ccc(OCN)c2)c1.Cc1ccnc(-c2cc(C)ccn2)c1.Cc1ccnc(-c2cc(C)ccn2)c1.[Os+]. The van der Waals surface area contributed by atoms with E-state index in [2.05, 4.69) is 58.7 Å². The number of pyridine rings is 5. The number of nitrogens with zero attached hydrogens (tertiary/aromatic N) is 5. The molecule has 0 spiro atoms. The van der Waals surface area contributed by atoms with Crippen LogP contribution in [0.15, 0.2) is 110 Å². The van der Waals surface area contributed by atoms with Crippen LogP contribution in [0.3, 0.4) is 0 Å². The molecule has 0 aliphatic heterocycles. The fraction of sp³-hybridized carbons (Fsp3) is 0.162.